The fourth-order valence-corrected chi connectivity index (χ4v) is 4.12. The van der Waals surface area contributed by atoms with Crippen LogP contribution >= 0.6 is 11.6 Å². The van der Waals surface area contributed by atoms with Crippen molar-refractivity contribution in [2.45, 2.75) is 6.17 Å². The van der Waals surface area contributed by atoms with Gasteiger partial charge in [-0.15, -0.1) is 0 Å². The van der Waals surface area contributed by atoms with Crippen LogP contribution in [0.4, 0.5) is 0 Å². The van der Waals surface area contributed by atoms with Crippen molar-refractivity contribution in [2.24, 2.45) is 9.98 Å². The zero-order valence-corrected chi connectivity index (χ0v) is 17.6. The lowest BCUT2D eigenvalue weighted by Gasteiger charge is -2.24. The first-order valence-corrected chi connectivity index (χ1v) is 10.6. The Labute approximate surface area is 189 Å². The predicted octanol–water partition coefficient (Wildman–Crippen LogP) is 6.13. The lowest BCUT2D eigenvalue weighted by molar-refractivity contribution is 0.667. The summed E-state index contributed by atoms with van der Waals surface area (Å²) in [5.41, 5.74) is 5.05. The van der Waals surface area contributed by atoms with Gasteiger partial charge in [-0.3, -0.25) is 4.98 Å². The standard InChI is InChI=1S/C26H17ClN4O/c27-18-14-21-23(28-15-18)22-19(12-7-13-20(22)32-21)26-30-24(16-8-3-1-4-9-16)29-25(31-26)17-10-5-2-6-11-17/h1-15,24H,(H,29,30,31). The molecule has 1 N–H and O–H groups in total. The highest BCUT2D eigenvalue weighted by Gasteiger charge is 2.23. The second kappa shape index (κ2) is 7.62. The maximum absolute atomic E-state index is 6.13. The molecule has 32 heavy (non-hydrogen) atoms. The molecule has 0 radical (unpaired) electrons. The highest BCUT2D eigenvalue weighted by atomic mass is 35.5. The van der Waals surface area contributed by atoms with E-state index in [4.69, 9.17) is 26.0 Å². The van der Waals surface area contributed by atoms with Crippen LogP contribution in [-0.2, 0) is 0 Å². The van der Waals surface area contributed by atoms with Gasteiger partial charge in [-0.1, -0.05) is 84.4 Å². The molecule has 0 fully saturated rings. The number of aromatic nitrogens is 1. The smallest absolute Gasteiger partial charge is 0.159 e. The molecule has 6 heteroatoms. The molecule has 6 rings (SSSR count). The Bertz CT molecular complexity index is 1510. The molecule has 3 heterocycles. The second-order valence-electron chi connectivity index (χ2n) is 7.52. The van der Waals surface area contributed by atoms with Crippen LogP contribution in [0.3, 0.4) is 0 Å². The SMILES string of the molecule is Clc1cnc2c(c1)oc1cccc(C3=NC(c4ccccc4)=NC(c4ccccc4)N3)c12. The van der Waals surface area contributed by atoms with Crippen molar-refractivity contribution >= 4 is 45.3 Å². The van der Waals surface area contributed by atoms with E-state index < -0.39 is 0 Å². The lowest BCUT2D eigenvalue weighted by atomic mass is 10.1. The second-order valence-corrected chi connectivity index (χ2v) is 7.95. The number of halogens is 1. The number of aliphatic imine (C=N–C) groups is 2. The van der Waals surface area contributed by atoms with Crippen molar-refractivity contribution in [3.8, 4) is 0 Å². The number of benzene rings is 3. The minimum absolute atomic E-state index is 0.269. The molecule has 0 amide bonds. The van der Waals surface area contributed by atoms with Crippen molar-refractivity contribution in [3.05, 3.63) is 113 Å². The van der Waals surface area contributed by atoms with E-state index in [1.165, 1.54) is 0 Å². The number of hydrogen-bond acceptors (Lipinski definition) is 5. The monoisotopic (exact) mass is 436 g/mol. The summed E-state index contributed by atoms with van der Waals surface area (Å²) in [5.74, 6) is 1.40. The highest BCUT2D eigenvalue weighted by molar-refractivity contribution is 6.31. The number of fused-ring (bicyclic) bond motifs is 3. The molecule has 0 saturated carbocycles. The van der Waals surface area contributed by atoms with E-state index >= 15 is 0 Å². The number of nitrogens with one attached hydrogen (secondary N) is 1. The largest absolute Gasteiger partial charge is 0.454 e. The van der Waals surface area contributed by atoms with Gasteiger partial charge in [0.2, 0.25) is 0 Å². The first-order chi connectivity index (χ1) is 15.8. The Kier molecular flexibility index (Phi) is 4.47. The Morgan fingerprint density at radius 3 is 2.44 bits per heavy atom. The third-order valence-corrected chi connectivity index (χ3v) is 5.65. The minimum Gasteiger partial charge on any atom is -0.454 e. The highest BCUT2D eigenvalue weighted by Crippen LogP contribution is 2.32. The Balaban J connectivity index is 1.56. The van der Waals surface area contributed by atoms with E-state index in [0.717, 1.165) is 39.0 Å². The van der Waals surface area contributed by atoms with Crippen LogP contribution in [0.15, 0.2) is 106 Å². The summed E-state index contributed by atoms with van der Waals surface area (Å²) in [5, 5.41) is 4.94. The van der Waals surface area contributed by atoms with Crippen LogP contribution in [0.5, 0.6) is 0 Å². The van der Waals surface area contributed by atoms with Crippen LogP contribution in [0, 0.1) is 0 Å². The van der Waals surface area contributed by atoms with Crippen LogP contribution in [0.2, 0.25) is 5.02 Å². The quantitative estimate of drug-likeness (QED) is 0.370. The normalized spacial score (nSPS) is 16.0. The molecule has 0 saturated heterocycles. The summed E-state index contributed by atoms with van der Waals surface area (Å²) in [6.07, 6.45) is 1.37. The summed E-state index contributed by atoms with van der Waals surface area (Å²) in [7, 11) is 0. The number of amidine groups is 2. The van der Waals surface area contributed by atoms with E-state index in [-0.39, 0.29) is 6.17 Å². The number of furan rings is 1. The van der Waals surface area contributed by atoms with Gasteiger partial charge in [0.15, 0.2) is 11.4 Å². The number of pyridine rings is 1. The average Bonchev–Trinajstić information content (AvgIpc) is 3.22. The van der Waals surface area contributed by atoms with E-state index in [1.807, 2.05) is 66.7 Å². The van der Waals surface area contributed by atoms with Crippen molar-refractivity contribution in [1.82, 2.24) is 10.3 Å². The number of nitrogens with zero attached hydrogens (tertiary/aromatic N) is 3. The van der Waals surface area contributed by atoms with Gasteiger partial charge in [0.25, 0.3) is 0 Å². The van der Waals surface area contributed by atoms with Crippen LogP contribution < -0.4 is 5.32 Å². The molecule has 5 aromatic rings. The molecule has 1 unspecified atom stereocenters. The van der Waals surface area contributed by atoms with E-state index in [1.54, 1.807) is 12.3 Å². The molecule has 0 spiro atoms. The predicted molar refractivity (Wildman–Crippen MR) is 128 cm³/mol. The molecule has 1 aliphatic rings. The molecule has 0 aliphatic carbocycles. The zero-order chi connectivity index (χ0) is 21.5. The van der Waals surface area contributed by atoms with Crippen LogP contribution in [0.25, 0.3) is 22.1 Å². The molecule has 1 aliphatic heterocycles. The maximum atomic E-state index is 6.13. The van der Waals surface area contributed by atoms with Crippen LogP contribution in [-0.4, -0.2) is 16.7 Å². The fraction of sp³-hybridized carbons (Fsp3) is 0.0385. The average molecular weight is 437 g/mol. The van der Waals surface area contributed by atoms with Gasteiger partial charge in [0, 0.05) is 23.4 Å². The van der Waals surface area contributed by atoms with E-state index in [0.29, 0.717) is 16.4 Å². The van der Waals surface area contributed by atoms with Crippen LogP contribution in [0.1, 0.15) is 22.9 Å². The topological polar surface area (TPSA) is 62.8 Å². The minimum atomic E-state index is -0.269. The van der Waals surface area contributed by atoms with Crippen molar-refractivity contribution in [3.63, 3.8) is 0 Å². The molecule has 1 atom stereocenters. The number of rotatable bonds is 3. The molecule has 2 aromatic heterocycles. The summed E-state index contributed by atoms with van der Waals surface area (Å²) in [6, 6.07) is 27.8. The van der Waals surface area contributed by atoms with Gasteiger partial charge in [0.1, 0.15) is 23.1 Å². The van der Waals surface area contributed by atoms with Crippen molar-refractivity contribution in [2.75, 3.05) is 0 Å². The van der Waals surface area contributed by atoms with Gasteiger partial charge >= 0.3 is 0 Å². The third-order valence-electron chi connectivity index (χ3n) is 5.45. The van der Waals surface area contributed by atoms with Gasteiger partial charge in [-0.2, -0.15) is 0 Å². The van der Waals surface area contributed by atoms with Gasteiger partial charge in [-0.25, -0.2) is 9.98 Å². The molecule has 5 nitrogen and oxygen atoms in total. The molecule has 154 valence electrons. The first kappa shape index (κ1) is 18.8. The Morgan fingerprint density at radius 2 is 1.62 bits per heavy atom. The number of hydrogen-bond donors (Lipinski definition) is 1. The molecular formula is C26H17ClN4O. The fourth-order valence-electron chi connectivity index (χ4n) is 3.97. The van der Waals surface area contributed by atoms with Gasteiger partial charge < -0.3 is 9.73 Å². The zero-order valence-electron chi connectivity index (χ0n) is 16.9. The molecule has 3 aromatic carbocycles. The summed E-state index contributed by atoms with van der Waals surface area (Å²) < 4.78 is 6.03. The van der Waals surface area contributed by atoms with Crippen molar-refractivity contribution < 1.29 is 4.42 Å². The summed E-state index contributed by atoms with van der Waals surface area (Å²) >= 11 is 6.13. The lowest BCUT2D eigenvalue weighted by Crippen LogP contribution is -2.33. The first-order valence-electron chi connectivity index (χ1n) is 10.3. The maximum Gasteiger partial charge on any atom is 0.159 e. The Hall–Kier alpha value is -3.96. The van der Waals surface area contributed by atoms with Gasteiger partial charge in [-0.05, 0) is 11.6 Å². The van der Waals surface area contributed by atoms with E-state index in [2.05, 4.69) is 22.4 Å². The van der Waals surface area contributed by atoms with E-state index in [9.17, 15) is 0 Å². The molecular weight excluding hydrogens is 420 g/mol. The third kappa shape index (κ3) is 3.24. The van der Waals surface area contributed by atoms with Gasteiger partial charge in [0.05, 0.1) is 10.4 Å². The Morgan fingerprint density at radius 1 is 0.844 bits per heavy atom. The summed E-state index contributed by atoms with van der Waals surface area (Å²) in [4.78, 5) is 14.4. The van der Waals surface area contributed by atoms with Crippen molar-refractivity contribution in [1.29, 1.82) is 0 Å². The summed E-state index contributed by atoms with van der Waals surface area (Å²) in [6.45, 7) is 0. The molecule has 0 bridgehead atoms.